The Hall–Kier alpha value is -1.20. The molecule has 5 nitrogen and oxygen atoms in total. The summed E-state index contributed by atoms with van der Waals surface area (Å²) in [6.07, 6.45) is 1.97. The summed E-state index contributed by atoms with van der Waals surface area (Å²) in [7, 11) is 0. The largest absolute Gasteiger partial charge is 0.373 e. The number of hydrogen-bond donors (Lipinski definition) is 1. The molecule has 1 atom stereocenters. The minimum absolute atomic E-state index is 0.0951. The SMILES string of the molecule is CCc1cc(CC)nc(N2CCOC(CN)C2)n1. The number of ether oxygens (including phenoxy) is 1. The van der Waals surface area contributed by atoms with E-state index in [1.165, 1.54) is 0 Å². The summed E-state index contributed by atoms with van der Waals surface area (Å²) in [4.78, 5) is 11.4. The maximum Gasteiger partial charge on any atom is 0.225 e. The van der Waals surface area contributed by atoms with E-state index in [0.717, 1.165) is 43.3 Å². The van der Waals surface area contributed by atoms with E-state index in [0.29, 0.717) is 13.2 Å². The van der Waals surface area contributed by atoms with E-state index in [9.17, 15) is 0 Å². The van der Waals surface area contributed by atoms with Gasteiger partial charge in [0.15, 0.2) is 0 Å². The van der Waals surface area contributed by atoms with Crippen molar-refractivity contribution in [1.82, 2.24) is 9.97 Å². The quantitative estimate of drug-likeness (QED) is 0.855. The summed E-state index contributed by atoms with van der Waals surface area (Å²) >= 11 is 0. The molecule has 2 rings (SSSR count). The topological polar surface area (TPSA) is 64.3 Å². The Morgan fingerprint density at radius 1 is 1.33 bits per heavy atom. The van der Waals surface area contributed by atoms with Crippen LogP contribution in [0.4, 0.5) is 5.95 Å². The Bertz CT molecular complexity index is 374. The number of morpholine rings is 1. The molecule has 0 amide bonds. The minimum atomic E-state index is 0.0951. The van der Waals surface area contributed by atoms with Gasteiger partial charge >= 0.3 is 0 Å². The third-order valence-electron chi connectivity index (χ3n) is 3.23. The summed E-state index contributed by atoms with van der Waals surface area (Å²) in [6, 6.07) is 2.09. The molecule has 1 saturated heterocycles. The van der Waals surface area contributed by atoms with Crippen LogP contribution in [0.1, 0.15) is 25.2 Å². The molecule has 18 heavy (non-hydrogen) atoms. The van der Waals surface area contributed by atoms with Crippen LogP contribution >= 0.6 is 0 Å². The molecule has 5 heteroatoms. The summed E-state index contributed by atoms with van der Waals surface area (Å²) in [6.45, 7) is 7.11. The van der Waals surface area contributed by atoms with E-state index in [1.54, 1.807) is 0 Å². The molecule has 1 aliphatic heterocycles. The third-order valence-corrected chi connectivity index (χ3v) is 3.23. The zero-order valence-electron chi connectivity index (χ0n) is 11.2. The average molecular weight is 250 g/mol. The summed E-state index contributed by atoms with van der Waals surface area (Å²) in [5.74, 6) is 0.827. The van der Waals surface area contributed by atoms with Crippen LogP contribution in [0.3, 0.4) is 0 Å². The number of hydrogen-bond acceptors (Lipinski definition) is 5. The van der Waals surface area contributed by atoms with Gasteiger partial charge < -0.3 is 15.4 Å². The van der Waals surface area contributed by atoms with Crippen LogP contribution in [0.25, 0.3) is 0 Å². The van der Waals surface area contributed by atoms with Gasteiger partial charge in [0.1, 0.15) is 0 Å². The Morgan fingerprint density at radius 3 is 2.56 bits per heavy atom. The molecule has 0 radical (unpaired) electrons. The van der Waals surface area contributed by atoms with E-state index in [-0.39, 0.29) is 6.10 Å². The maximum atomic E-state index is 5.66. The lowest BCUT2D eigenvalue weighted by molar-refractivity contribution is 0.0460. The fourth-order valence-corrected chi connectivity index (χ4v) is 2.09. The van der Waals surface area contributed by atoms with Gasteiger partial charge in [0.25, 0.3) is 0 Å². The van der Waals surface area contributed by atoms with Gasteiger partial charge in [-0.05, 0) is 18.9 Å². The van der Waals surface area contributed by atoms with Gasteiger partial charge in [0.2, 0.25) is 5.95 Å². The summed E-state index contributed by atoms with van der Waals surface area (Å²) < 4.78 is 5.57. The zero-order valence-corrected chi connectivity index (χ0v) is 11.2. The second kappa shape index (κ2) is 6.11. The second-order valence-electron chi connectivity index (χ2n) is 4.53. The van der Waals surface area contributed by atoms with Crippen LogP contribution in [-0.4, -0.2) is 42.3 Å². The van der Waals surface area contributed by atoms with Crippen molar-refractivity contribution in [1.29, 1.82) is 0 Å². The highest BCUT2D eigenvalue weighted by molar-refractivity contribution is 5.33. The third kappa shape index (κ3) is 2.97. The number of nitrogens with zero attached hydrogens (tertiary/aromatic N) is 3. The van der Waals surface area contributed by atoms with E-state index < -0.39 is 0 Å². The average Bonchev–Trinajstić information content (AvgIpc) is 2.46. The molecule has 1 aromatic heterocycles. The van der Waals surface area contributed by atoms with Crippen molar-refractivity contribution in [3.8, 4) is 0 Å². The van der Waals surface area contributed by atoms with E-state index in [1.807, 2.05) is 0 Å². The predicted octanol–water partition coefficient (Wildman–Crippen LogP) is 0.765. The number of anilines is 1. The Kier molecular flexibility index (Phi) is 4.49. The molecule has 1 aliphatic rings. The van der Waals surface area contributed by atoms with Crippen molar-refractivity contribution >= 4 is 5.95 Å². The predicted molar refractivity (Wildman–Crippen MR) is 71.8 cm³/mol. The smallest absolute Gasteiger partial charge is 0.225 e. The van der Waals surface area contributed by atoms with Crippen molar-refractivity contribution in [3.63, 3.8) is 0 Å². The molecule has 2 N–H and O–H groups in total. The Morgan fingerprint density at radius 2 is 2.00 bits per heavy atom. The molecule has 0 spiro atoms. The van der Waals surface area contributed by atoms with E-state index >= 15 is 0 Å². The number of aromatic nitrogens is 2. The van der Waals surface area contributed by atoms with Gasteiger partial charge in [0, 0.05) is 31.0 Å². The molecule has 100 valence electrons. The molecule has 2 heterocycles. The van der Waals surface area contributed by atoms with Crippen LogP contribution in [0.5, 0.6) is 0 Å². The van der Waals surface area contributed by atoms with Crippen molar-refractivity contribution in [2.45, 2.75) is 32.8 Å². The first kappa shape index (κ1) is 13.2. The van der Waals surface area contributed by atoms with Gasteiger partial charge in [-0.15, -0.1) is 0 Å². The van der Waals surface area contributed by atoms with Gasteiger partial charge in [-0.3, -0.25) is 0 Å². The van der Waals surface area contributed by atoms with Crippen LogP contribution in [0.15, 0.2) is 6.07 Å². The maximum absolute atomic E-state index is 5.66. The zero-order chi connectivity index (χ0) is 13.0. The van der Waals surface area contributed by atoms with Crippen molar-refractivity contribution in [2.24, 2.45) is 5.73 Å². The first-order chi connectivity index (χ1) is 8.76. The molecule has 0 aromatic carbocycles. The highest BCUT2D eigenvalue weighted by Gasteiger charge is 2.21. The molecule has 1 unspecified atom stereocenters. The Labute approximate surface area is 108 Å². The fraction of sp³-hybridized carbons (Fsp3) is 0.692. The monoisotopic (exact) mass is 250 g/mol. The van der Waals surface area contributed by atoms with Gasteiger partial charge in [-0.25, -0.2) is 9.97 Å². The molecule has 1 fully saturated rings. The van der Waals surface area contributed by atoms with Crippen molar-refractivity contribution < 1.29 is 4.74 Å². The molecule has 0 saturated carbocycles. The van der Waals surface area contributed by atoms with Crippen molar-refractivity contribution in [2.75, 3.05) is 31.1 Å². The molecular weight excluding hydrogens is 228 g/mol. The summed E-state index contributed by atoms with van der Waals surface area (Å²) in [5.41, 5.74) is 7.87. The molecular formula is C13H22N4O. The van der Waals surface area contributed by atoms with Crippen LogP contribution in [0, 0.1) is 0 Å². The lowest BCUT2D eigenvalue weighted by Crippen LogP contribution is -2.46. The highest BCUT2D eigenvalue weighted by atomic mass is 16.5. The Balaban J connectivity index is 2.20. The van der Waals surface area contributed by atoms with Crippen molar-refractivity contribution in [3.05, 3.63) is 17.5 Å². The molecule has 1 aromatic rings. The van der Waals surface area contributed by atoms with Gasteiger partial charge in [0.05, 0.1) is 12.7 Å². The highest BCUT2D eigenvalue weighted by Crippen LogP contribution is 2.15. The number of rotatable bonds is 4. The second-order valence-corrected chi connectivity index (χ2v) is 4.53. The van der Waals surface area contributed by atoms with E-state index in [4.69, 9.17) is 10.5 Å². The van der Waals surface area contributed by atoms with Crippen LogP contribution in [0.2, 0.25) is 0 Å². The standard InChI is InChI=1S/C13H22N4O/c1-3-10-7-11(4-2)16-13(15-10)17-5-6-18-12(8-14)9-17/h7,12H,3-6,8-9,14H2,1-2H3. The number of aryl methyl sites for hydroxylation is 2. The van der Waals surface area contributed by atoms with Gasteiger partial charge in [-0.2, -0.15) is 0 Å². The minimum Gasteiger partial charge on any atom is -0.373 e. The van der Waals surface area contributed by atoms with E-state index in [2.05, 4.69) is 34.8 Å². The van der Waals surface area contributed by atoms with Crippen LogP contribution < -0.4 is 10.6 Å². The first-order valence-corrected chi connectivity index (χ1v) is 6.70. The lowest BCUT2D eigenvalue weighted by Gasteiger charge is -2.32. The fourth-order valence-electron chi connectivity index (χ4n) is 2.09. The van der Waals surface area contributed by atoms with Gasteiger partial charge in [-0.1, -0.05) is 13.8 Å². The molecule has 0 bridgehead atoms. The molecule has 0 aliphatic carbocycles. The first-order valence-electron chi connectivity index (χ1n) is 6.70. The normalized spacial score (nSPS) is 20.2. The summed E-state index contributed by atoms with van der Waals surface area (Å²) in [5, 5.41) is 0. The number of nitrogens with two attached hydrogens (primary N) is 1. The van der Waals surface area contributed by atoms with Crippen LogP contribution in [-0.2, 0) is 17.6 Å². The lowest BCUT2D eigenvalue weighted by atomic mass is 10.2.